The van der Waals surface area contributed by atoms with Gasteiger partial charge in [-0.15, -0.1) is 0 Å². The van der Waals surface area contributed by atoms with Crippen LogP contribution in [0, 0.1) is 5.82 Å². The lowest BCUT2D eigenvalue weighted by Gasteiger charge is -2.12. The van der Waals surface area contributed by atoms with E-state index in [1.165, 1.54) is 32.2 Å². The lowest BCUT2D eigenvalue weighted by atomic mass is 10.1. The summed E-state index contributed by atoms with van der Waals surface area (Å²) in [5, 5.41) is -0.175. The first-order valence-corrected chi connectivity index (χ1v) is 8.11. The van der Waals surface area contributed by atoms with Crippen LogP contribution in [-0.4, -0.2) is 21.3 Å². The fourth-order valence-electron chi connectivity index (χ4n) is 1.79. The summed E-state index contributed by atoms with van der Waals surface area (Å²) >= 11 is 5.79. The molecular weight excluding hydrogens is 347 g/mol. The zero-order valence-electron chi connectivity index (χ0n) is 12.2. The van der Waals surface area contributed by atoms with E-state index in [2.05, 4.69) is 0 Å². The number of hydrogen-bond acceptors (Lipinski definition) is 5. The molecule has 0 N–H and O–H groups in total. The Morgan fingerprint density at radius 2 is 1.83 bits per heavy atom. The molecule has 0 aliphatic carbocycles. The molecule has 0 unspecified atom stereocenters. The summed E-state index contributed by atoms with van der Waals surface area (Å²) in [7, 11) is -3.07. The summed E-state index contributed by atoms with van der Waals surface area (Å²) in [6.45, 7) is 1.36. The Kier molecular flexibility index (Phi) is 4.91. The van der Waals surface area contributed by atoms with Crippen molar-refractivity contribution in [1.29, 1.82) is 0 Å². The standard InChI is InChI=1S/C15H12ClFO5S/c1-9(18)10-3-6-13(14(7-10)21-2)22-23(19,20)15-8-11(17)4-5-12(15)16/h3-8H,1-2H3. The molecule has 0 saturated heterocycles. The van der Waals surface area contributed by atoms with Crippen LogP contribution in [0.5, 0.6) is 11.5 Å². The molecule has 0 aromatic heterocycles. The van der Waals surface area contributed by atoms with Crippen molar-refractivity contribution in [3.63, 3.8) is 0 Å². The van der Waals surface area contributed by atoms with Gasteiger partial charge in [-0.1, -0.05) is 11.6 Å². The van der Waals surface area contributed by atoms with Gasteiger partial charge in [0.05, 0.1) is 12.1 Å². The van der Waals surface area contributed by atoms with Gasteiger partial charge in [0.1, 0.15) is 10.7 Å². The SMILES string of the molecule is COc1cc(C(C)=O)ccc1OS(=O)(=O)c1cc(F)ccc1Cl. The molecule has 0 bridgehead atoms. The van der Waals surface area contributed by atoms with Crippen LogP contribution in [0.25, 0.3) is 0 Å². The monoisotopic (exact) mass is 358 g/mol. The highest BCUT2D eigenvalue weighted by atomic mass is 35.5. The van der Waals surface area contributed by atoms with Gasteiger partial charge in [0.15, 0.2) is 17.3 Å². The van der Waals surface area contributed by atoms with Gasteiger partial charge in [-0.25, -0.2) is 4.39 Å². The van der Waals surface area contributed by atoms with E-state index in [1.54, 1.807) is 0 Å². The van der Waals surface area contributed by atoms with Crippen LogP contribution in [0.1, 0.15) is 17.3 Å². The van der Waals surface area contributed by atoms with Gasteiger partial charge in [-0.3, -0.25) is 4.79 Å². The summed E-state index contributed by atoms with van der Waals surface area (Å²) in [6.07, 6.45) is 0. The maximum Gasteiger partial charge on any atom is 0.340 e. The number of halogens is 2. The average Bonchev–Trinajstić information content (AvgIpc) is 2.49. The molecule has 122 valence electrons. The van der Waals surface area contributed by atoms with Crippen LogP contribution in [-0.2, 0) is 10.1 Å². The molecule has 0 atom stereocenters. The maximum absolute atomic E-state index is 13.3. The molecule has 5 nitrogen and oxygen atoms in total. The number of rotatable bonds is 5. The zero-order valence-corrected chi connectivity index (χ0v) is 13.7. The topological polar surface area (TPSA) is 69.7 Å². The molecule has 0 spiro atoms. The Balaban J connectivity index is 2.45. The Bertz CT molecular complexity index is 864. The van der Waals surface area contributed by atoms with E-state index < -0.39 is 20.8 Å². The third kappa shape index (κ3) is 3.80. The van der Waals surface area contributed by atoms with Gasteiger partial charge in [-0.2, -0.15) is 8.42 Å². The quantitative estimate of drug-likeness (QED) is 0.604. The predicted octanol–water partition coefficient (Wildman–Crippen LogP) is 3.46. The van der Waals surface area contributed by atoms with Crippen molar-refractivity contribution in [3.8, 4) is 11.5 Å². The zero-order chi connectivity index (χ0) is 17.2. The largest absolute Gasteiger partial charge is 0.493 e. The lowest BCUT2D eigenvalue weighted by Crippen LogP contribution is -2.11. The van der Waals surface area contributed by atoms with Crippen molar-refractivity contribution >= 4 is 27.5 Å². The van der Waals surface area contributed by atoms with Crippen LogP contribution in [0.2, 0.25) is 5.02 Å². The molecule has 8 heteroatoms. The molecule has 2 aromatic carbocycles. The van der Waals surface area contributed by atoms with E-state index >= 15 is 0 Å². The second-order valence-electron chi connectivity index (χ2n) is 4.53. The molecule has 2 rings (SSSR count). The number of ether oxygens (including phenoxy) is 1. The minimum atomic E-state index is -4.37. The summed E-state index contributed by atoms with van der Waals surface area (Å²) < 4.78 is 47.8. The molecule has 0 amide bonds. The number of carbonyl (C=O) groups excluding carboxylic acids is 1. The second-order valence-corrected chi connectivity index (χ2v) is 6.46. The van der Waals surface area contributed by atoms with Gasteiger partial charge in [0, 0.05) is 5.56 Å². The number of benzene rings is 2. The molecule has 0 aliphatic rings. The highest BCUT2D eigenvalue weighted by Gasteiger charge is 2.23. The Morgan fingerprint density at radius 3 is 2.43 bits per heavy atom. The summed E-state index contributed by atoms with van der Waals surface area (Å²) in [5.41, 5.74) is 0.329. The Hall–Kier alpha value is -2.12. The van der Waals surface area contributed by atoms with Crippen molar-refractivity contribution in [1.82, 2.24) is 0 Å². The van der Waals surface area contributed by atoms with Crippen molar-refractivity contribution in [3.05, 3.63) is 52.8 Å². The number of Topliss-reactive ketones (excluding diaryl/α,β-unsaturated/α-hetero) is 1. The van der Waals surface area contributed by atoms with Gasteiger partial charge in [0.2, 0.25) is 0 Å². The minimum Gasteiger partial charge on any atom is -0.493 e. The van der Waals surface area contributed by atoms with Crippen LogP contribution in [0.15, 0.2) is 41.3 Å². The van der Waals surface area contributed by atoms with Crippen LogP contribution >= 0.6 is 11.6 Å². The van der Waals surface area contributed by atoms with Crippen LogP contribution in [0.3, 0.4) is 0 Å². The first kappa shape index (κ1) is 17.2. The fourth-order valence-corrected chi connectivity index (χ4v) is 3.22. The number of ketones is 1. The predicted molar refractivity (Wildman–Crippen MR) is 82.2 cm³/mol. The molecule has 0 saturated carbocycles. The van der Waals surface area contributed by atoms with Crippen molar-refractivity contribution in [2.75, 3.05) is 7.11 Å². The highest BCUT2D eigenvalue weighted by molar-refractivity contribution is 7.87. The van der Waals surface area contributed by atoms with Crippen molar-refractivity contribution in [2.24, 2.45) is 0 Å². The van der Waals surface area contributed by atoms with E-state index in [0.717, 1.165) is 18.2 Å². The molecule has 0 heterocycles. The van der Waals surface area contributed by atoms with E-state index in [0.29, 0.717) is 5.56 Å². The van der Waals surface area contributed by atoms with Gasteiger partial charge >= 0.3 is 10.1 Å². The van der Waals surface area contributed by atoms with Crippen molar-refractivity contribution < 1.29 is 26.5 Å². The van der Waals surface area contributed by atoms with Gasteiger partial charge in [-0.05, 0) is 43.3 Å². The van der Waals surface area contributed by atoms with Crippen molar-refractivity contribution in [2.45, 2.75) is 11.8 Å². The summed E-state index contributed by atoms with van der Waals surface area (Å²) in [4.78, 5) is 10.8. The van der Waals surface area contributed by atoms with E-state index in [9.17, 15) is 17.6 Å². The fraction of sp³-hybridized carbons (Fsp3) is 0.133. The second kappa shape index (κ2) is 6.55. The maximum atomic E-state index is 13.3. The normalized spacial score (nSPS) is 11.1. The first-order valence-electron chi connectivity index (χ1n) is 6.33. The van der Waals surface area contributed by atoms with Gasteiger partial charge < -0.3 is 8.92 Å². The summed E-state index contributed by atoms with van der Waals surface area (Å²) in [5.74, 6) is -1.08. The Morgan fingerprint density at radius 1 is 1.13 bits per heavy atom. The van der Waals surface area contributed by atoms with E-state index in [-0.39, 0.29) is 22.3 Å². The number of methoxy groups -OCH3 is 1. The highest BCUT2D eigenvalue weighted by Crippen LogP contribution is 2.32. The third-order valence-corrected chi connectivity index (χ3v) is 4.65. The Labute approximate surface area is 137 Å². The first-order chi connectivity index (χ1) is 10.7. The molecule has 0 radical (unpaired) electrons. The minimum absolute atomic E-state index is 0.0498. The van der Waals surface area contributed by atoms with E-state index in [1.807, 2.05) is 0 Å². The molecule has 0 aliphatic heterocycles. The number of hydrogen-bond donors (Lipinski definition) is 0. The third-order valence-electron chi connectivity index (χ3n) is 2.93. The number of carbonyl (C=O) groups is 1. The van der Waals surface area contributed by atoms with Gasteiger partial charge in [0.25, 0.3) is 0 Å². The molecular formula is C15H12ClFO5S. The lowest BCUT2D eigenvalue weighted by molar-refractivity contribution is 0.101. The molecule has 2 aromatic rings. The van der Waals surface area contributed by atoms with E-state index in [4.69, 9.17) is 20.5 Å². The average molecular weight is 359 g/mol. The smallest absolute Gasteiger partial charge is 0.340 e. The summed E-state index contributed by atoms with van der Waals surface area (Å²) in [6, 6.07) is 6.92. The van der Waals surface area contributed by atoms with Crippen LogP contribution < -0.4 is 8.92 Å². The molecule has 23 heavy (non-hydrogen) atoms. The molecule has 0 fully saturated rings. The van der Waals surface area contributed by atoms with Crippen LogP contribution in [0.4, 0.5) is 4.39 Å².